The van der Waals surface area contributed by atoms with Gasteiger partial charge in [0.05, 0.1) is 16.7 Å². The van der Waals surface area contributed by atoms with Crippen molar-refractivity contribution in [2.24, 2.45) is 0 Å². The quantitative estimate of drug-likeness (QED) is 0.118. The number of halogens is 1. The molecule has 1 aromatic heterocycles. The number of thioether (sulfide) groups is 1. The molecule has 7 heteroatoms. The van der Waals surface area contributed by atoms with E-state index in [0.717, 1.165) is 20.5 Å². The van der Waals surface area contributed by atoms with Gasteiger partial charge in [-0.2, -0.15) is 0 Å². The van der Waals surface area contributed by atoms with Gasteiger partial charge in [-0.25, -0.2) is 4.98 Å². The maximum atomic E-state index is 13.4. The van der Waals surface area contributed by atoms with Gasteiger partial charge < -0.3 is 0 Å². The van der Waals surface area contributed by atoms with Crippen molar-refractivity contribution in [3.05, 3.63) is 105 Å². The molecular weight excluding hydrogens is 545 g/mol. The van der Waals surface area contributed by atoms with E-state index >= 15 is 0 Å². The van der Waals surface area contributed by atoms with Crippen LogP contribution < -0.4 is 10.5 Å². The molecule has 1 heterocycles. The van der Waals surface area contributed by atoms with Gasteiger partial charge in [0.2, 0.25) is 5.91 Å². The molecular formula is C26H22IN3O2S. The topological polar surface area (TPSA) is 55.2 Å². The second-order valence-corrected chi connectivity index (χ2v) is 9.78. The van der Waals surface area contributed by atoms with Crippen molar-refractivity contribution in [3.63, 3.8) is 0 Å². The molecule has 0 saturated carbocycles. The molecule has 5 nitrogen and oxygen atoms in total. The fourth-order valence-electron chi connectivity index (χ4n) is 3.47. The second-order valence-electron chi connectivity index (χ2n) is 7.59. The first kappa shape index (κ1) is 23.3. The number of carbonyl (C=O) groups is 1. The lowest BCUT2D eigenvalue weighted by Crippen LogP contribution is -2.29. The highest BCUT2D eigenvalue weighted by Crippen LogP contribution is 2.27. The Labute approximate surface area is 210 Å². The molecule has 4 aromatic rings. The Morgan fingerprint density at radius 2 is 1.64 bits per heavy atom. The molecule has 4 rings (SSSR count). The molecule has 0 radical (unpaired) electrons. The average Bonchev–Trinajstić information content (AvgIpc) is 2.81. The summed E-state index contributed by atoms with van der Waals surface area (Å²) in [6, 6.07) is 24.7. The normalized spacial score (nSPS) is 10.8. The molecule has 0 fully saturated rings. The van der Waals surface area contributed by atoms with Crippen LogP contribution in [0.25, 0.3) is 10.9 Å². The Bertz CT molecular complexity index is 1330. The summed E-state index contributed by atoms with van der Waals surface area (Å²) < 4.78 is 2.58. The minimum absolute atomic E-state index is 0.101. The van der Waals surface area contributed by atoms with Crippen molar-refractivity contribution in [2.75, 3.05) is 10.7 Å². The summed E-state index contributed by atoms with van der Waals surface area (Å²) in [5.74, 6) is 0.0266. The summed E-state index contributed by atoms with van der Waals surface area (Å²) in [5, 5.41) is 1.07. The number of hydrogen-bond donors (Lipinski definition) is 0. The van der Waals surface area contributed by atoms with Crippen LogP contribution in [-0.2, 0) is 11.3 Å². The van der Waals surface area contributed by atoms with Crippen LogP contribution in [0.15, 0.2) is 101 Å². The minimum atomic E-state index is -0.126. The Kier molecular flexibility index (Phi) is 7.29. The van der Waals surface area contributed by atoms with Crippen molar-refractivity contribution in [1.29, 1.82) is 0 Å². The number of anilines is 2. The molecule has 0 bridgehead atoms. The van der Waals surface area contributed by atoms with Crippen molar-refractivity contribution < 1.29 is 4.79 Å². The maximum Gasteiger partial charge on any atom is 0.262 e. The number of para-hydroxylation sites is 2. The van der Waals surface area contributed by atoms with Crippen molar-refractivity contribution in [2.45, 2.75) is 18.6 Å². The van der Waals surface area contributed by atoms with Gasteiger partial charge in [0.1, 0.15) is 0 Å². The van der Waals surface area contributed by atoms with E-state index in [1.165, 1.54) is 11.8 Å². The average molecular weight is 567 g/mol. The van der Waals surface area contributed by atoms with E-state index in [-0.39, 0.29) is 17.2 Å². The summed E-state index contributed by atoms with van der Waals surface area (Å²) in [6.45, 7) is 6.18. The molecule has 0 aliphatic carbocycles. The number of hydrogen-bond acceptors (Lipinski definition) is 4. The van der Waals surface area contributed by atoms with Gasteiger partial charge in [-0.3, -0.25) is 19.1 Å². The highest BCUT2D eigenvalue weighted by Gasteiger charge is 2.20. The summed E-state index contributed by atoms with van der Waals surface area (Å²) in [4.78, 5) is 33.1. The minimum Gasteiger partial charge on any atom is -0.283 e. The van der Waals surface area contributed by atoms with Crippen LogP contribution in [0, 0.1) is 3.57 Å². The Balaban J connectivity index is 1.69. The second kappa shape index (κ2) is 10.4. The summed E-state index contributed by atoms with van der Waals surface area (Å²) in [6.07, 6.45) is 0. The molecule has 0 aliphatic heterocycles. The van der Waals surface area contributed by atoms with Crippen molar-refractivity contribution in [3.8, 4) is 0 Å². The monoisotopic (exact) mass is 567 g/mol. The van der Waals surface area contributed by atoms with E-state index in [2.05, 4.69) is 29.2 Å². The Morgan fingerprint density at radius 1 is 1.03 bits per heavy atom. The van der Waals surface area contributed by atoms with E-state index in [9.17, 15) is 9.59 Å². The van der Waals surface area contributed by atoms with E-state index in [1.54, 1.807) is 9.47 Å². The molecule has 0 spiro atoms. The van der Waals surface area contributed by atoms with Crippen LogP contribution in [0.1, 0.15) is 6.92 Å². The van der Waals surface area contributed by atoms with E-state index in [1.807, 2.05) is 85.8 Å². The first-order valence-corrected chi connectivity index (χ1v) is 12.4. The van der Waals surface area contributed by atoms with Gasteiger partial charge in [-0.15, -0.1) is 0 Å². The van der Waals surface area contributed by atoms with Gasteiger partial charge in [0, 0.05) is 21.5 Å². The van der Waals surface area contributed by atoms with Gasteiger partial charge in [0.25, 0.3) is 5.56 Å². The number of aromatic nitrogens is 2. The van der Waals surface area contributed by atoms with Crippen LogP contribution in [0.5, 0.6) is 0 Å². The molecule has 0 N–H and O–H groups in total. The van der Waals surface area contributed by atoms with Gasteiger partial charge >= 0.3 is 0 Å². The first-order valence-electron chi connectivity index (χ1n) is 10.3. The van der Waals surface area contributed by atoms with Gasteiger partial charge in [0.15, 0.2) is 5.16 Å². The standard InChI is InChI=1S/C26H22IN3O2S/c1-18(2)16-29-25(32)22-15-19(27)13-14-23(22)28-26(29)33-17-24(31)30(20-9-5-3-6-10-20)21-11-7-4-8-12-21/h3-15H,1,16-17H2,2H3. The number of fused-ring (bicyclic) bond motifs is 1. The largest absolute Gasteiger partial charge is 0.283 e. The molecule has 3 aromatic carbocycles. The maximum absolute atomic E-state index is 13.4. The van der Waals surface area contributed by atoms with Crippen LogP contribution in [-0.4, -0.2) is 21.2 Å². The van der Waals surface area contributed by atoms with Crippen LogP contribution in [0.2, 0.25) is 0 Å². The lowest BCUT2D eigenvalue weighted by atomic mass is 10.2. The lowest BCUT2D eigenvalue weighted by Gasteiger charge is -2.23. The molecule has 1 amide bonds. The smallest absolute Gasteiger partial charge is 0.262 e. The van der Waals surface area contributed by atoms with E-state index < -0.39 is 0 Å². The van der Waals surface area contributed by atoms with Crippen molar-refractivity contribution in [1.82, 2.24) is 9.55 Å². The van der Waals surface area contributed by atoms with Crippen LogP contribution in [0.3, 0.4) is 0 Å². The SMILES string of the molecule is C=C(C)Cn1c(SCC(=O)N(c2ccccc2)c2ccccc2)nc2ccc(I)cc2c1=O. The number of carbonyl (C=O) groups excluding carboxylic acids is 1. The van der Waals surface area contributed by atoms with Crippen LogP contribution in [0.4, 0.5) is 11.4 Å². The van der Waals surface area contributed by atoms with Crippen LogP contribution >= 0.6 is 34.4 Å². The number of rotatable bonds is 7. The number of nitrogens with zero attached hydrogens (tertiary/aromatic N) is 3. The highest BCUT2D eigenvalue weighted by atomic mass is 127. The number of amides is 1. The summed E-state index contributed by atoms with van der Waals surface area (Å²) >= 11 is 3.45. The zero-order valence-corrected chi connectivity index (χ0v) is 21.0. The zero-order chi connectivity index (χ0) is 23.4. The predicted molar refractivity (Wildman–Crippen MR) is 144 cm³/mol. The molecule has 33 heavy (non-hydrogen) atoms. The lowest BCUT2D eigenvalue weighted by molar-refractivity contribution is -0.115. The Hall–Kier alpha value is -2.91. The third-order valence-electron chi connectivity index (χ3n) is 4.91. The van der Waals surface area contributed by atoms with E-state index in [0.29, 0.717) is 22.6 Å². The predicted octanol–water partition coefficient (Wildman–Crippen LogP) is 6.03. The first-order chi connectivity index (χ1) is 15.9. The molecule has 0 unspecified atom stereocenters. The van der Waals surface area contributed by atoms with E-state index in [4.69, 9.17) is 4.98 Å². The van der Waals surface area contributed by atoms with Gasteiger partial charge in [-0.1, -0.05) is 60.3 Å². The van der Waals surface area contributed by atoms with Crippen molar-refractivity contribution >= 4 is 62.5 Å². The zero-order valence-electron chi connectivity index (χ0n) is 18.1. The summed E-state index contributed by atoms with van der Waals surface area (Å²) in [5.41, 5.74) is 2.91. The fourth-order valence-corrected chi connectivity index (χ4v) is 4.81. The fraction of sp³-hybridized carbons (Fsp3) is 0.115. The Morgan fingerprint density at radius 3 is 2.21 bits per heavy atom. The molecule has 0 atom stereocenters. The number of allylic oxidation sites excluding steroid dienone is 1. The third-order valence-corrected chi connectivity index (χ3v) is 6.54. The summed E-state index contributed by atoms with van der Waals surface area (Å²) in [7, 11) is 0. The molecule has 0 aliphatic rings. The third kappa shape index (κ3) is 5.36. The van der Waals surface area contributed by atoms with Gasteiger partial charge in [-0.05, 0) is 72.0 Å². The molecule has 0 saturated heterocycles. The highest BCUT2D eigenvalue weighted by molar-refractivity contribution is 14.1. The molecule has 166 valence electrons. The number of benzene rings is 3.